The van der Waals surface area contributed by atoms with Crippen molar-refractivity contribution in [1.29, 1.82) is 0 Å². The minimum absolute atomic E-state index is 0.112. The fourth-order valence-electron chi connectivity index (χ4n) is 1.20. The summed E-state index contributed by atoms with van der Waals surface area (Å²) in [7, 11) is 0. The third-order valence-electron chi connectivity index (χ3n) is 2.14. The van der Waals surface area contributed by atoms with Crippen molar-refractivity contribution in [3.05, 3.63) is 12.3 Å². The van der Waals surface area contributed by atoms with Crippen molar-refractivity contribution in [2.45, 2.75) is 45.6 Å². The standard InChI is InChI=1S/C10H20O2/c1-4-5-6-7-8(2)10(12)9(3)11/h8,10-12H,3-7H2,1-2H3. The van der Waals surface area contributed by atoms with Crippen LogP contribution in [0.2, 0.25) is 0 Å². The molecule has 2 unspecified atom stereocenters. The maximum Gasteiger partial charge on any atom is 0.114 e. The lowest BCUT2D eigenvalue weighted by Gasteiger charge is -2.16. The van der Waals surface area contributed by atoms with E-state index in [9.17, 15) is 5.11 Å². The molecule has 2 heteroatoms. The summed E-state index contributed by atoms with van der Waals surface area (Å²) in [6.45, 7) is 7.39. The van der Waals surface area contributed by atoms with Gasteiger partial charge in [0, 0.05) is 0 Å². The average molecular weight is 172 g/mol. The highest BCUT2D eigenvalue weighted by atomic mass is 16.3. The summed E-state index contributed by atoms with van der Waals surface area (Å²) < 4.78 is 0. The Morgan fingerprint density at radius 2 is 2.00 bits per heavy atom. The van der Waals surface area contributed by atoms with Gasteiger partial charge >= 0.3 is 0 Å². The average Bonchev–Trinajstić information content (AvgIpc) is 2.03. The molecule has 2 nitrogen and oxygen atoms in total. The molecular weight excluding hydrogens is 152 g/mol. The summed E-state index contributed by atoms with van der Waals surface area (Å²) in [6.07, 6.45) is 3.69. The van der Waals surface area contributed by atoms with Gasteiger partial charge in [-0.1, -0.05) is 39.7 Å². The van der Waals surface area contributed by atoms with Gasteiger partial charge in [0.05, 0.1) is 0 Å². The molecular formula is C10H20O2. The lowest BCUT2D eigenvalue weighted by molar-refractivity contribution is 0.0996. The van der Waals surface area contributed by atoms with Gasteiger partial charge < -0.3 is 10.2 Å². The first-order valence-corrected chi connectivity index (χ1v) is 4.65. The lowest BCUT2D eigenvalue weighted by Crippen LogP contribution is -2.19. The smallest absolute Gasteiger partial charge is 0.114 e. The van der Waals surface area contributed by atoms with Gasteiger partial charge in [-0.05, 0) is 12.3 Å². The van der Waals surface area contributed by atoms with Gasteiger partial charge in [-0.25, -0.2) is 0 Å². The first-order chi connectivity index (χ1) is 5.59. The third kappa shape index (κ3) is 4.39. The molecule has 0 aromatic rings. The van der Waals surface area contributed by atoms with E-state index < -0.39 is 6.10 Å². The zero-order valence-corrected chi connectivity index (χ0v) is 8.08. The van der Waals surface area contributed by atoms with Crippen LogP contribution in [0.15, 0.2) is 12.3 Å². The fourth-order valence-corrected chi connectivity index (χ4v) is 1.20. The minimum atomic E-state index is -0.748. The van der Waals surface area contributed by atoms with Crippen LogP contribution in [0.1, 0.15) is 39.5 Å². The van der Waals surface area contributed by atoms with Crippen molar-refractivity contribution in [3.63, 3.8) is 0 Å². The topological polar surface area (TPSA) is 40.5 Å². The van der Waals surface area contributed by atoms with E-state index in [1.165, 1.54) is 12.8 Å². The zero-order valence-electron chi connectivity index (χ0n) is 8.08. The van der Waals surface area contributed by atoms with E-state index in [-0.39, 0.29) is 11.7 Å². The highest BCUT2D eigenvalue weighted by molar-refractivity contribution is 4.91. The highest BCUT2D eigenvalue weighted by Gasteiger charge is 2.15. The zero-order chi connectivity index (χ0) is 9.56. The monoisotopic (exact) mass is 172 g/mol. The summed E-state index contributed by atoms with van der Waals surface area (Å²) in [4.78, 5) is 0. The summed E-state index contributed by atoms with van der Waals surface area (Å²) in [5.74, 6) is 0.00745. The van der Waals surface area contributed by atoms with Crippen LogP contribution in [0, 0.1) is 5.92 Å². The lowest BCUT2D eigenvalue weighted by atomic mass is 9.97. The predicted molar refractivity (Wildman–Crippen MR) is 51.1 cm³/mol. The number of hydrogen-bond donors (Lipinski definition) is 2. The van der Waals surface area contributed by atoms with Crippen LogP contribution in [0.4, 0.5) is 0 Å². The molecule has 2 atom stereocenters. The normalized spacial score (nSPS) is 15.6. The summed E-state index contributed by atoms with van der Waals surface area (Å²) in [5.41, 5.74) is 0. The van der Waals surface area contributed by atoms with E-state index >= 15 is 0 Å². The Labute approximate surface area is 74.9 Å². The maximum absolute atomic E-state index is 9.34. The van der Waals surface area contributed by atoms with Gasteiger partial charge in [0.1, 0.15) is 11.9 Å². The molecule has 2 N–H and O–H groups in total. The molecule has 0 spiro atoms. The van der Waals surface area contributed by atoms with Crippen LogP contribution in [0.3, 0.4) is 0 Å². The van der Waals surface area contributed by atoms with Crippen molar-refractivity contribution in [3.8, 4) is 0 Å². The molecule has 0 aliphatic rings. The molecule has 12 heavy (non-hydrogen) atoms. The van der Waals surface area contributed by atoms with Crippen molar-refractivity contribution in [2.24, 2.45) is 5.92 Å². The van der Waals surface area contributed by atoms with Crippen molar-refractivity contribution < 1.29 is 10.2 Å². The summed E-state index contributed by atoms with van der Waals surface area (Å²) in [5, 5.41) is 18.2. The Morgan fingerprint density at radius 1 is 1.42 bits per heavy atom. The first-order valence-electron chi connectivity index (χ1n) is 4.65. The highest BCUT2D eigenvalue weighted by Crippen LogP contribution is 2.16. The van der Waals surface area contributed by atoms with E-state index in [0.29, 0.717) is 0 Å². The maximum atomic E-state index is 9.34. The summed E-state index contributed by atoms with van der Waals surface area (Å²) in [6, 6.07) is 0. The van der Waals surface area contributed by atoms with Crippen molar-refractivity contribution >= 4 is 0 Å². The van der Waals surface area contributed by atoms with Gasteiger partial charge in [-0.3, -0.25) is 0 Å². The van der Waals surface area contributed by atoms with E-state index in [0.717, 1.165) is 12.8 Å². The Bertz CT molecular complexity index is 132. The second kappa shape index (κ2) is 6.06. The van der Waals surface area contributed by atoms with E-state index in [4.69, 9.17) is 5.11 Å². The Hall–Kier alpha value is -0.500. The molecule has 0 aromatic heterocycles. The van der Waals surface area contributed by atoms with Gasteiger partial charge in [-0.15, -0.1) is 0 Å². The Morgan fingerprint density at radius 3 is 2.42 bits per heavy atom. The van der Waals surface area contributed by atoms with E-state index in [1.807, 2.05) is 6.92 Å². The molecule has 0 aliphatic heterocycles. The number of unbranched alkanes of at least 4 members (excludes halogenated alkanes) is 2. The predicted octanol–water partition coefficient (Wildman–Crippen LogP) is 2.64. The number of aliphatic hydroxyl groups is 2. The molecule has 0 radical (unpaired) electrons. The van der Waals surface area contributed by atoms with Crippen molar-refractivity contribution in [1.82, 2.24) is 0 Å². The minimum Gasteiger partial charge on any atom is -0.510 e. The van der Waals surface area contributed by atoms with E-state index in [2.05, 4.69) is 13.5 Å². The van der Waals surface area contributed by atoms with Crippen LogP contribution in [0.25, 0.3) is 0 Å². The van der Waals surface area contributed by atoms with E-state index in [1.54, 1.807) is 0 Å². The number of aliphatic hydroxyl groups excluding tert-OH is 2. The van der Waals surface area contributed by atoms with Gasteiger partial charge in [0.15, 0.2) is 0 Å². The largest absolute Gasteiger partial charge is 0.510 e. The van der Waals surface area contributed by atoms with Crippen LogP contribution < -0.4 is 0 Å². The van der Waals surface area contributed by atoms with Crippen LogP contribution in [-0.4, -0.2) is 16.3 Å². The molecule has 0 bridgehead atoms. The molecule has 0 aromatic carbocycles. The Balaban J connectivity index is 3.56. The quantitative estimate of drug-likeness (QED) is 0.477. The molecule has 0 aliphatic carbocycles. The van der Waals surface area contributed by atoms with Gasteiger partial charge in [0.2, 0.25) is 0 Å². The second-order valence-corrected chi connectivity index (χ2v) is 3.41. The first kappa shape index (κ1) is 11.5. The number of hydrogen-bond acceptors (Lipinski definition) is 2. The molecule has 0 saturated heterocycles. The third-order valence-corrected chi connectivity index (χ3v) is 2.14. The van der Waals surface area contributed by atoms with Gasteiger partial charge in [-0.2, -0.15) is 0 Å². The SMILES string of the molecule is C=C(O)C(O)C(C)CCCCC. The molecule has 0 saturated carbocycles. The second-order valence-electron chi connectivity index (χ2n) is 3.41. The van der Waals surface area contributed by atoms with Crippen molar-refractivity contribution in [2.75, 3.05) is 0 Å². The van der Waals surface area contributed by atoms with Crippen LogP contribution >= 0.6 is 0 Å². The molecule has 0 amide bonds. The molecule has 0 fully saturated rings. The molecule has 0 heterocycles. The van der Waals surface area contributed by atoms with Gasteiger partial charge in [0.25, 0.3) is 0 Å². The fraction of sp³-hybridized carbons (Fsp3) is 0.800. The Kier molecular flexibility index (Phi) is 5.81. The van der Waals surface area contributed by atoms with Crippen LogP contribution in [0.5, 0.6) is 0 Å². The summed E-state index contributed by atoms with van der Waals surface area (Å²) >= 11 is 0. The molecule has 0 rings (SSSR count). The van der Waals surface area contributed by atoms with Crippen LogP contribution in [-0.2, 0) is 0 Å². The molecule has 72 valence electrons. The number of rotatable bonds is 6.